The average molecular weight is 312 g/mol. The van der Waals surface area contributed by atoms with Gasteiger partial charge in [-0.1, -0.05) is 28.1 Å². The Balaban J connectivity index is 1.82. The van der Waals surface area contributed by atoms with Crippen LogP contribution in [0.2, 0.25) is 0 Å². The van der Waals surface area contributed by atoms with Crippen molar-refractivity contribution in [1.29, 1.82) is 0 Å². The van der Waals surface area contributed by atoms with Gasteiger partial charge >= 0.3 is 0 Å². The van der Waals surface area contributed by atoms with Crippen LogP contribution < -0.4 is 5.32 Å². The minimum absolute atomic E-state index is 0.0643. The zero-order valence-corrected chi connectivity index (χ0v) is 11.8. The van der Waals surface area contributed by atoms with E-state index in [0.29, 0.717) is 6.42 Å². The number of carbonyl (C=O) groups is 1. The van der Waals surface area contributed by atoms with Crippen molar-refractivity contribution in [2.45, 2.75) is 44.2 Å². The number of rotatable bonds is 3. The van der Waals surface area contributed by atoms with Crippen LogP contribution in [-0.4, -0.2) is 23.2 Å². The largest absolute Gasteiger partial charge is 0.393 e. The van der Waals surface area contributed by atoms with Crippen LogP contribution in [0.15, 0.2) is 28.7 Å². The topological polar surface area (TPSA) is 49.3 Å². The minimum atomic E-state index is -0.178. The molecule has 2 N–H and O–H groups in total. The molecule has 0 spiro atoms. The lowest BCUT2D eigenvalue weighted by molar-refractivity contribution is -0.121. The maximum Gasteiger partial charge on any atom is 0.224 e. The molecule has 3 nitrogen and oxygen atoms in total. The zero-order chi connectivity index (χ0) is 13.0. The highest BCUT2D eigenvalue weighted by Crippen LogP contribution is 2.18. The summed E-state index contributed by atoms with van der Waals surface area (Å²) in [5.74, 6) is 0.0643. The maximum absolute atomic E-state index is 11.9. The van der Waals surface area contributed by atoms with Crippen molar-refractivity contribution in [2.75, 3.05) is 0 Å². The molecule has 1 fully saturated rings. The first-order chi connectivity index (χ1) is 8.63. The van der Waals surface area contributed by atoms with Crippen LogP contribution in [0.25, 0.3) is 0 Å². The molecule has 1 amide bonds. The lowest BCUT2D eigenvalue weighted by Crippen LogP contribution is -2.39. The Kier molecular flexibility index (Phi) is 4.78. The van der Waals surface area contributed by atoms with E-state index < -0.39 is 0 Å². The molecule has 0 bridgehead atoms. The van der Waals surface area contributed by atoms with E-state index >= 15 is 0 Å². The Labute approximate surface area is 116 Å². The quantitative estimate of drug-likeness (QED) is 0.900. The SMILES string of the molecule is O=C(Cc1cccc(Br)c1)NC1CCC(O)CC1. The molecule has 0 saturated heterocycles. The number of hydrogen-bond acceptors (Lipinski definition) is 2. The molecule has 1 aliphatic rings. The highest BCUT2D eigenvalue weighted by Gasteiger charge is 2.20. The molecule has 0 aromatic heterocycles. The molecule has 0 radical (unpaired) electrons. The van der Waals surface area contributed by atoms with Gasteiger partial charge in [0.15, 0.2) is 0 Å². The number of carbonyl (C=O) groups excluding carboxylic acids is 1. The predicted molar refractivity (Wildman–Crippen MR) is 74.3 cm³/mol. The van der Waals surface area contributed by atoms with Crippen LogP contribution in [0, 0.1) is 0 Å². The number of hydrogen-bond donors (Lipinski definition) is 2. The van der Waals surface area contributed by atoms with Crippen LogP contribution in [0.5, 0.6) is 0 Å². The van der Waals surface area contributed by atoms with Gasteiger partial charge in [-0.05, 0) is 43.4 Å². The van der Waals surface area contributed by atoms with Crippen molar-refractivity contribution in [3.8, 4) is 0 Å². The number of benzene rings is 1. The second-order valence-corrected chi connectivity index (χ2v) is 5.80. The molecule has 0 aliphatic heterocycles. The van der Waals surface area contributed by atoms with E-state index in [0.717, 1.165) is 35.7 Å². The molecule has 1 aromatic carbocycles. The van der Waals surface area contributed by atoms with E-state index in [9.17, 15) is 9.90 Å². The molecule has 0 unspecified atom stereocenters. The number of nitrogens with one attached hydrogen (secondary N) is 1. The van der Waals surface area contributed by atoms with Crippen molar-refractivity contribution in [3.63, 3.8) is 0 Å². The van der Waals surface area contributed by atoms with E-state index in [1.54, 1.807) is 0 Å². The third kappa shape index (κ3) is 4.10. The van der Waals surface area contributed by atoms with E-state index in [-0.39, 0.29) is 18.1 Å². The van der Waals surface area contributed by atoms with E-state index in [2.05, 4.69) is 21.2 Å². The Morgan fingerprint density at radius 1 is 1.33 bits per heavy atom. The first-order valence-corrected chi connectivity index (χ1v) is 7.14. The van der Waals surface area contributed by atoms with Gasteiger partial charge in [0, 0.05) is 10.5 Å². The average Bonchev–Trinajstić information content (AvgIpc) is 2.32. The highest BCUT2D eigenvalue weighted by atomic mass is 79.9. The standard InChI is InChI=1S/C14H18BrNO2/c15-11-3-1-2-10(8-11)9-14(18)16-12-4-6-13(17)7-5-12/h1-3,8,12-13,17H,4-7,9H2,(H,16,18). The Morgan fingerprint density at radius 2 is 2.06 bits per heavy atom. The fraction of sp³-hybridized carbons (Fsp3) is 0.500. The summed E-state index contributed by atoms with van der Waals surface area (Å²) in [6.45, 7) is 0. The molecule has 98 valence electrons. The van der Waals surface area contributed by atoms with Gasteiger partial charge in [0.2, 0.25) is 5.91 Å². The van der Waals surface area contributed by atoms with E-state index in [1.807, 2.05) is 24.3 Å². The van der Waals surface area contributed by atoms with Gasteiger partial charge in [0.1, 0.15) is 0 Å². The minimum Gasteiger partial charge on any atom is -0.393 e. The van der Waals surface area contributed by atoms with Crippen LogP contribution in [-0.2, 0) is 11.2 Å². The van der Waals surface area contributed by atoms with E-state index in [1.165, 1.54) is 0 Å². The van der Waals surface area contributed by atoms with Gasteiger partial charge in [-0.25, -0.2) is 0 Å². The smallest absolute Gasteiger partial charge is 0.224 e. The van der Waals surface area contributed by atoms with E-state index in [4.69, 9.17) is 0 Å². The fourth-order valence-electron chi connectivity index (χ4n) is 2.33. The molecule has 18 heavy (non-hydrogen) atoms. The number of aliphatic hydroxyl groups excluding tert-OH is 1. The summed E-state index contributed by atoms with van der Waals surface area (Å²) in [5.41, 5.74) is 1.01. The number of halogens is 1. The Bertz CT molecular complexity index is 414. The van der Waals surface area contributed by atoms with Gasteiger partial charge in [0.05, 0.1) is 12.5 Å². The molecule has 1 saturated carbocycles. The van der Waals surface area contributed by atoms with Crippen molar-refractivity contribution in [2.24, 2.45) is 0 Å². The monoisotopic (exact) mass is 311 g/mol. The maximum atomic E-state index is 11.9. The fourth-order valence-corrected chi connectivity index (χ4v) is 2.78. The first-order valence-electron chi connectivity index (χ1n) is 6.35. The summed E-state index contributed by atoms with van der Waals surface area (Å²) in [4.78, 5) is 11.9. The molecule has 0 heterocycles. The lowest BCUT2D eigenvalue weighted by atomic mass is 9.93. The Morgan fingerprint density at radius 3 is 2.72 bits per heavy atom. The van der Waals surface area contributed by atoms with Crippen molar-refractivity contribution < 1.29 is 9.90 Å². The van der Waals surface area contributed by atoms with Crippen molar-refractivity contribution in [1.82, 2.24) is 5.32 Å². The predicted octanol–water partition coefficient (Wildman–Crippen LogP) is 2.41. The van der Waals surface area contributed by atoms with Gasteiger partial charge < -0.3 is 10.4 Å². The summed E-state index contributed by atoms with van der Waals surface area (Å²) in [6, 6.07) is 8.03. The first kappa shape index (κ1) is 13.6. The molecule has 4 heteroatoms. The summed E-state index contributed by atoms with van der Waals surface area (Å²) < 4.78 is 0.994. The summed E-state index contributed by atoms with van der Waals surface area (Å²) >= 11 is 3.40. The summed E-state index contributed by atoms with van der Waals surface area (Å²) in [7, 11) is 0. The third-order valence-corrected chi connectivity index (χ3v) is 3.81. The normalized spacial score (nSPS) is 23.7. The van der Waals surface area contributed by atoms with Gasteiger partial charge in [-0.3, -0.25) is 4.79 Å². The van der Waals surface area contributed by atoms with Crippen LogP contribution in [0.1, 0.15) is 31.2 Å². The second-order valence-electron chi connectivity index (χ2n) is 4.88. The third-order valence-electron chi connectivity index (χ3n) is 3.32. The Hall–Kier alpha value is -0.870. The van der Waals surface area contributed by atoms with Crippen LogP contribution in [0.4, 0.5) is 0 Å². The second kappa shape index (κ2) is 6.34. The molecule has 2 rings (SSSR count). The highest BCUT2D eigenvalue weighted by molar-refractivity contribution is 9.10. The molecule has 1 aromatic rings. The summed E-state index contributed by atoms with van der Waals surface area (Å²) in [5, 5.41) is 12.5. The molecule has 1 aliphatic carbocycles. The number of amides is 1. The summed E-state index contributed by atoms with van der Waals surface area (Å²) in [6.07, 6.45) is 3.59. The van der Waals surface area contributed by atoms with Gasteiger partial charge in [-0.15, -0.1) is 0 Å². The van der Waals surface area contributed by atoms with Crippen molar-refractivity contribution in [3.05, 3.63) is 34.3 Å². The molecular weight excluding hydrogens is 294 g/mol. The number of aliphatic hydroxyl groups is 1. The van der Waals surface area contributed by atoms with Gasteiger partial charge in [0.25, 0.3) is 0 Å². The molecule has 0 atom stereocenters. The van der Waals surface area contributed by atoms with Crippen LogP contribution in [0.3, 0.4) is 0 Å². The van der Waals surface area contributed by atoms with Gasteiger partial charge in [-0.2, -0.15) is 0 Å². The van der Waals surface area contributed by atoms with Crippen LogP contribution >= 0.6 is 15.9 Å². The lowest BCUT2D eigenvalue weighted by Gasteiger charge is -2.26. The molecular formula is C14H18BrNO2. The van der Waals surface area contributed by atoms with Crippen molar-refractivity contribution >= 4 is 21.8 Å². The zero-order valence-electron chi connectivity index (χ0n) is 10.2.